The van der Waals surface area contributed by atoms with Crippen LogP contribution in [0.5, 0.6) is 0 Å². The molecule has 0 aromatic carbocycles. The number of pyridine rings is 1. The highest BCUT2D eigenvalue weighted by Gasteiger charge is 2.25. The number of nitrogens with zero attached hydrogens (tertiary/aromatic N) is 2. The number of anilines is 1. The van der Waals surface area contributed by atoms with E-state index in [1.165, 1.54) is 0 Å². The van der Waals surface area contributed by atoms with Crippen molar-refractivity contribution in [3.63, 3.8) is 0 Å². The van der Waals surface area contributed by atoms with Crippen molar-refractivity contribution in [2.45, 2.75) is 31.7 Å². The van der Waals surface area contributed by atoms with E-state index >= 15 is 0 Å². The van der Waals surface area contributed by atoms with Gasteiger partial charge in [-0.2, -0.15) is 0 Å². The van der Waals surface area contributed by atoms with Gasteiger partial charge in [0.2, 0.25) is 11.8 Å². The van der Waals surface area contributed by atoms with Crippen LogP contribution in [0.3, 0.4) is 0 Å². The summed E-state index contributed by atoms with van der Waals surface area (Å²) in [4.78, 5) is 30.4. The topological polar surface area (TPSA) is 86.4 Å². The maximum Gasteiger partial charge on any atom is 0.238 e. The molecule has 3 rings (SSSR count). The first-order valence-electron chi connectivity index (χ1n) is 9.14. The molecule has 0 radical (unpaired) electrons. The molecule has 0 bridgehead atoms. The van der Waals surface area contributed by atoms with Gasteiger partial charge in [-0.15, -0.1) is 0 Å². The van der Waals surface area contributed by atoms with Gasteiger partial charge in [0, 0.05) is 31.2 Å². The van der Waals surface area contributed by atoms with E-state index in [0.29, 0.717) is 19.0 Å². The number of aromatic nitrogens is 1. The number of carbonyl (C=O) groups excluding carboxylic acids is 2. The van der Waals surface area contributed by atoms with Crippen LogP contribution in [0.4, 0.5) is 5.69 Å². The largest absolute Gasteiger partial charge is 0.354 e. The SMILES string of the molecule is O=C(CN1CCCC(CNC(=O)C2CCCN2)C1)Nc1ccncc1. The summed E-state index contributed by atoms with van der Waals surface area (Å²) in [5.41, 5.74) is 0.768. The predicted molar refractivity (Wildman–Crippen MR) is 96.1 cm³/mol. The molecule has 2 fully saturated rings. The molecule has 7 heteroatoms. The van der Waals surface area contributed by atoms with Crippen LogP contribution in [-0.4, -0.2) is 60.5 Å². The Morgan fingerprint density at radius 2 is 2.08 bits per heavy atom. The fourth-order valence-electron chi connectivity index (χ4n) is 3.58. The standard InChI is InChI=1S/C18H27N5O2/c24-17(22-15-5-8-19-9-6-15)13-23-10-2-3-14(12-23)11-21-18(25)16-4-1-7-20-16/h5-6,8-9,14,16,20H,1-4,7,10-13H2,(H,21,25)(H,19,22,24). The van der Waals surface area contributed by atoms with E-state index in [-0.39, 0.29) is 17.9 Å². The molecule has 0 aliphatic carbocycles. The van der Waals surface area contributed by atoms with Gasteiger partial charge in [-0.25, -0.2) is 0 Å². The predicted octanol–water partition coefficient (Wildman–Crippen LogP) is 0.600. The molecule has 1 aromatic heterocycles. The normalized spacial score (nSPS) is 24.0. The first-order valence-corrected chi connectivity index (χ1v) is 9.14. The Balaban J connectivity index is 1.40. The fraction of sp³-hybridized carbons (Fsp3) is 0.611. The Labute approximate surface area is 148 Å². The molecule has 25 heavy (non-hydrogen) atoms. The molecule has 2 amide bonds. The van der Waals surface area contributed by atoms with Crippen LogP contribution < -0.4 is 16.0 Å². The van der Waals surface area contributed by atoms with Crippen LogP contribution in [-0.2, 0) is 9.59 Å². The number of piperidine rings is 1. The van der Waals surface area contributed by atoms with Gasteiger partial charge in [0.05, 0.1) is 12.6 Å². The summed E-state index contributed by atoms with van der Waals surface area (Å²) >= 11 is 0. The number of carbonyl (C=O) groups is 2. The lowest BCUT2D eigenvalue weighted by Gasteiger charge is -2.32. The zero-order valence-corrected chi connectivity index (χ0v) is 14.5. The monoisotopic (exact) mass is 345 g/mol. The van der Waals surface area contributed by atoms with Crippen LogP contribution in [0.25, 0.3) is 0 Å². The Bertz CT molecular complexity index is 574. The average Bonchev–Trinajstić information content (AvgIpc) is 3.15. The maximum atomic E-state index is 12.2. The zero-order chi connectivity index (χ0) is 17.5. The van der Waals surface area contributed by atoms with Crippen molar-refractivity contribution in [2.24, 2.45) is 5.92 Å². The van der Waals surface area contributed by atoms with Gasteiger partial charge in [0.15, 0.2) is 0 Å². The molecule has 1 aromatic rings. The third-order valence-electron chi connectivity index (χ3n) is 4.88. The highest BCUT2D eigenvalue weighted by molar-refractivity contribution is 5.92. The smallest absolute Gasteiger partial charge is 0.238 e. The highest BCUT2D eigenvalue weighted by atomic mass is 16.2. The Kier molecular flexibility index (Phi) is 6.36. The number of amides is 2. The molecular formula is C18H27N5O2. The molecular weight excluding hydrogens is 318 g/mol. The van der Waals surface area contributed by atoms with Crippen LogP contribution in [0.15, 0.2) is 24.5 Å². The van der Waals surface area contributed by atoms with Crippen LogP contribution in [0, 0.1) is 5.92 Å². The van der Waals surface area contributed by atoms with Crippen molar-refractivity contribution in [3.05, 3.63) is 24.5 Å². The van der Waals surface area contributed by atoms with Crippen molar-refractivity contribution >= 4 is 17.5 Å². The molecule has 2 aliphatic rings. The Morgan fingerprint density at radius 3 is 2.84 bits per heavy atom. The quantitative estimate of drug-likeness (QED) is 0.703. The minimum atomic E-state index is -0.0224. The fourth-order valence-corrected chi connectivity index (χ4v) is 3.58. The van der Waals surface area contributed by atoms with Crippen LogP contribution in [0.2, 0.25) is 0 Å². The number of hydrogen-bond donors (Lipinski definition) is 3. The summed E-state index contributed by atoms with van der Waals surface area (Å²) in [5, 5.41) is 9.19. The van der Waals surface area contributed by atoms with Gasteiger partial charge in [-0.3, -0.25) is 19.5 Å². The number of nitrogens with one attached hydrogen (secondary N) is 3. The van der Waals surface area contributed by atoms with Crippen LogP contribution in [0.1, 0.15) is 25.7 Å². The maximum absolute atomic E-state index is 12.2. The molecule has 3 N–H and O–H groups in total. The Hall–Kier alpha value is -1.99. The molecule has 2 atom stereocenters. The van der Waals surface area contributed by atoms with Crippen molar-refractivity contribution in [1.82, 2.24) is 20.5 Å². The summed E-state index contributed by atoms with van der Waals surface area (Å²) < 4.78 is 0. The highest BCUT2D eigenvalue weighted by Crippen LogP contribution is 2.16. The van der Waals surface area contributed by atoms with Gasteiger partial charge in [0.1, 0.15) is 0 Å². The second-order valence-corrected chi connectivity index (χ2v) is 6.92. The molecule has 0 saturated carbocycles. The van der Waals surface area contributed by atoms with E-state index in [2.05, 4.69) is 25.8 Å². The minimum Gasteiger partial charge on any atom is -0.354 e. The van der Waals surface area contributed by atoms with Crippen molar-refractivity contribution < 1.29 is 9.59 Å². The van der Waals surface area contributed by atoms with Crippen LogP contribution >= 0.6 is 0 Å². The third-order valence-corrected chi connectivity index (χ3v) is 4.88. The third kappa shape index (κ3) is 5.51. The second kappa shape index (κ2) is 8.92. The summed E-state index contributed by atoms with van der Waals surface area (Å²) in [6.07, 6.45) is 7.48. The van der Waals surface area contributed by atoms with E-state index in [0.717, 1.165) is 51.0 Å². The van der Waals surface area contributed by atoms with Gasteiger partial charge >= 0.3 is 0 Å². The lowest BCUT2D eigenvalue weighted by Crippen LogP contribution is -2.46. The number of rotatable bonds is 6. The van der Waals surface area contributed by atoms with Crippen molar-refractivity contribution in [3.8, 4) is 0 Å². The first kappa shape index (κ1) is 17.8. The molecule has 7 nitrogen and oxygen atoms in total. The zero-order valence-electron chi connectivity index (χ0n) is 14.5. The lowest BCUT2D eigenvalue weighted by molar-refractivity contribution is -0.123. The summed E-state index contributed by atoms with van der Waals surface area (Å²) in [5.74, 6) is 0.518. The summed E-state index contributed by atoms with van der Waals surface area (Å²) in [6.45, 7) is 3.79. The minimum absolute atomic E-state index is 0.00830. The molecule has 2 aliphatic heterocycles. The average molecular weight is 345 g/mol. The number of hydrogen-bond acceptors (Lipinski definition) is 5. The van der Waals surface area contributed by atoms with Crippen molar-refractivity contribution in [2.75, 3.05) is 38.0 Å². The van der Waals surface area contributed by atoms with Gasteiger partial charge in [-0.05, 0) is 56.8 Å². The van der Waals surface area contributed by atoms with E-state index in [4.69, 9.17) is 0 Å². The first-order chi connectivity index (χ1) is 12.2. The molecule has 2 unspecified atom stereocenters. The van der Waals surface area contributed by atoms with E-state index in [9.17, 15) is 9.59 Å². The molecule has 136 valence electrons. The molecule has 2 saturated heterocycles. The number of likely N-dealkylation sites (tertiary alicyclic amines) is 1. The Morgan fingerprint density at radius 1 is 1.24 bits per heavy atom. The van der Waals surface area contributed by atoms with E-state index in [1.807, 2.05) is 0 Å². The van der Waals surface area contributed by atoms with E-state index in [1.54, 1.807) is 24.5 Å². The van der Waals surface area contributed by atoms with E-state index < -0.39 is 0 Å². The molecule has 3 heterocycles. The second-order valence-electron chi connectivity index (χ2n) is 6.92. The van der Waals surface area contributed by atoms with Gasteiger partial charge < -0.3 is 16.0 Å². The summed E-state index contributed by atoms with van der Waals surface area (Å²) in [7, 11) is 0. The van der Waals surface area contributed by atoms with Gasteiger partial charge in [-0.1, -0.05) is 0 Å². The lowest BCUT2D eigenvalue weighted by atomic mass is 9.98. The molecule has 0 spiro atoms. The van der Waals surface area contributed by atoms with Gasteiger partial charge in [0.25, 0.3) is 0 Å². The van der Waals surface area contributed by atoms with Crippen molar-refractivity contribution in [1.29, 1.82) is 0 Å². The summed E-state index contributed by atoms with van der Waals surface area (Å²) in [6, 6.07) is 3.54.